The SMILES string of the molecule is CC(C)(C)OC(=O)N1C2CCC1CC(=O)C2.CN(C)C(=O)N1CC2(CCCCC2)c2ccccc21.CN(C)C(=O)N1CC2(CCN(C3CC4CCC(C3)N4C(=O)OC(C)(C)C)CC2)c2ccccc21.Cl. The van der Waals surface area contributed by atoms with Crippen LogP contribution in [-0.4, -0.2) is 150 Å². The van der Waals surface area contributed by atoms with Crippen molar-refractivity contribution >= 4 is 53.8 Å². The number of Topliss-reactive ketones (excluding diaryl/α,β-unsaturated/α-hetero) is 1. The summed E-state index contributed by atoms with van der Waals surface area (Å²) >= 11 is 0. The second-order valence-corrected chi connectivity index (χ2v) is 23.8. The van der Waals surface area contributed by atoms with Crippen molar-refractivity contribution in [3.8, 4) is 0 Å². The molecule has 14 nitrogen and oxygen atoms in total. The number of fused-ring (bicyclic) bond motifs is 8. The van der Waals surface area contributed by atoms with Crippen LogP contribution in [0.3, 0.4) is 0 Å². The van der Waals surface area contributed by atoms with Gasteiger partial charge in [0.1, 0.15) is 17.0 Å². The van der Waals surface area contributed by atoms with Gasteiger partial charge >= 0.3 is 24.2 Å². The lowest BCUT2D eigenvalue weighted by molar-refractivity contribution is -0.123. The Morgan fingerprint density at radius 3 is 1.36 bits per heavy atom. The van der Waals surface area contributed by atoms with E-state index in [2.05, 4.69) is 41.3 Å². The number of piperidine rings is 3. The normalized spacial score (nSPS) is 26.0. The highest BCUT2D eigenvalue weighted by molar-refractivity contribution is 5.96. The summed E-state index contributed by atoms with van der Waals surface area (Å²) in [4.78, 5) is 75.3. The summed E-state index contributed by atoms with van der Waals surface area (Å²) < 4.78 is 11.1. The number of hydrogen-bond donors (Lipinski definition) is 0. The summed E-state index contributed by atoms with van der Waals surface area (Å²) in [5, 5.41) is 0. The Kier molecular flexibility index (Phi) is 15.9. The van der Waals surface area contributed by atoms with Gasteiger partial charge in [0.05, 0.1) is 0 Å². The first-order valence-electron chi connectivity index (χ1n) is 26.0. The van der Waals surface area contributed by atoms with E-state index in [9.17, 15) is 24.0 Å². The molecule has 15 heteroatoms. The molecule has 0 N–H and O–H groups in total. The largest absolute Gasteiger partial charge is 0.444 e. The van der Waals surface area contributed by atoms with Crippen molar-refractivity contribution in [3.63, 3.8) is 0 Å². The number of hydrogen-bond acceptors (Lipinski definition) is 8. The van der Waals surface area contributed by atoms with Crippen LogP contribution < -0.4 is 9.80 Å². The van der Waals surface area contributed by atoms with Crippen LogP contribution in [0.5, 0.6) is 0 Å². The van der Waals surface area contributed by atoms with E-state index in [0.717, 1.165) is 88.9 Å². The summed E-state index contributed by atoms with van der Waals surface area (Å²) in [6, 6.07) is 18.4. The van der Waals surface area contributed by atoms with E-state index in [1.807, 2.05) is 96.6 Å². The molecule has 10 rings (SSSR count). The highest BCUT2D eigenvalue weighted by Crippen LogP contribution is 2.50. The van der Waals surface area contributed by atoms with Crippen LogP contribution in [0.25, 0.3) is 0 Å². The average molecular weight is 989 g/mol. The number of benzene rings is 2. The molecule has 70 heavy (non-hydrogen) atoms. The van der Waals surface area contributed by atoms with Crippen LogP contribution in [0, 0.1) is 0 Å². The molecule has 1 aliphatic carbocycles. The van der Waals surface area contributed by atoms with Gasteiger partial charge < -0.3 is 34.0 Å². The molecular formula is C55H82ClN7O7. The number of anilines is 2. The number of ketones is 1. The Bertz CT molecular complexity index is 2200. The van der Waals surface area contributed by atoms with Crippen LogP contribution in [0.1, 0.15) is 149 Å². The van der Waals surface area contributed by atoms with Gasteiger partial charge in [-0.1, -0.05) is 55.7 Å². The van der Waals surface area contributed by atoms with E-state index in [1.54, 1.807) is 14.7 Å². The number of para-hydroxylation sites is 2. The van der Waals surface area contributed by atoms with E-state index in [-0.39, 0.29) is 65.4 Å². The van der Waals surface area contributed by atoms with E-state index < -0.39 is 11.2 Å². The number of rotatable bonds is 1. The third-order valence-corrected chi connectivity index (χ3v) is 16.2. The molecule has 6 fully saturated rings. The van der Waals surface area contributed by atoms with Gasteiger partial charge in [-0.25, -0.2) is 19.2 Å². The van der Waals surface area contributed by atoms with Gasteiger partial charge in [-0.3, -0.25) is 14.6 Å². The van der Waals surface area contributed by atoms with E-state index >= 15 is 0 Å². The summed E-state index contributed by atoms with van der Waals surface area (Å²) in [5.41, 5.74) is 4.30. The molecule has 6 amide bonds. The monoisotopic (exact) mass is 988 g/mol. The maximum absolute atomic E-state index is 12.9. The molecule has 8 aliphatic rings. The summed E-state index contributed by atoms with van der Waals surface area (Å²) in [6.07, 6.45) is 15.3. The highest BCUT2D eigenvalue weighted by atomic mass is 35.5. The van der Waals surface area contributed by atoms with E-state index in [1.165, 1.54) is 43.2 Å². The first-order chi connectivity index (χ1) is 32.6. The fraction of sp³-hybridized carbons (Fsp3) is 0.691. The predicted octanol–water partition coefficient (Wildman–Crippen LogP) is 10.4. The zero-order chi connectivity index (χ0) is 49.6. The molecule has 1 saturated carbocycles. The molecule has 2 aromatic carbocycles. The maximum atomic E-state index is 12.9. The number of urea groups is 2. The first kappa shape index (κ1) is 53.2. The number of halogens is 1. The van der Waals surface area contributed by atoms with Crippen molar-refractivity contribution in [1.82, 2.24) is 24.5 Å². The number of carbonyl (C=O) groups is 5. The predicted molar refractivity (Wildman–Crippen MR) is 277 cm³/mol. The Morgan fingerprint density at radius 1 is 0.557 bits per heavy atom. The number of carbonyl (C=O) groups excluding carboxylic acids is 5. The van der Waals surface area contributed by atoms with Crippen molar-refractivity contribution in [2.45, 2.75) is 190 Å². The highest BCUT2D eigenvalue weighted by Gasteiger charge is 2.51. The van der Waals surface area contributed by atoms with Crippen LogP contribution in [-0.2, 0) is 25.1 Å². The van der Waals surface area contributed by atoms with Crippen molar-refractivity contribution < 1.29 is 33.4 Å². The molecule has 0 aromatic heterocycles. The molecule has 4 atom stereocenters. The van der Waals surface area contributed by atoms with Crippen molar-refractivity contribution in [3.05, 3.63) is 59.7 Å². The van der Waals surface area contributed by atoms with Crippen LogP contribution in [0.4, 0.5) is 30.6 Å². The standard InChI is InChI=1S/C27H40N4O3.C16H22N2O.C12H19NO3.ClH/c1-26(2,3)34-25(33)31-19-10-11-20(31)17-21(16-19)29-14-12-27(13-15-29)18-30(24(32)28(4)5)23-9-7-6-8-22(23)27;1-17(2)15(19)18-12-16(10-6-3-7-11-16)13-8-4-5-9-14(13)18;1-12(2,3)16-11(15)13-8-4-5-9(13)7-10(14)6-8;/h6-9,19-21H,10-18H2,1-5H3;4-5,8-9H,3,6-7,10-12H2,1-2H3;8-9H,4-7H2,1-3H3;1H. The number of ether oxygens (including phenoxy) is 2. The number of amides is 6. The lowest BCUT2D eigenvalue weighted by Gasteiger charge is -2.47. The van der Waals surface area contributed by atoms with Gasteiger partial charge in [0.2, 0.25) is 0 Å². The van der Waals surface area contributed by atoms with Crippen molar-refractivity contribution in [2.24, 2.45) is 0 Å². The summed E-state index contributed by atoms with van der Waals surface area (Å²) in [6.45, 7) is 15.2. The maximum Gasteiger partial charge on any atom is 0.410 e. The topological polar surface area (TPSA) is 126 Å². The Morgan fingerprint density at radius 2 is 0.943 bits per heavy atom. The van der Waals surface area contributed by atoms with Crippen molar-refractivity contribution in [1.29, 1.82) is 0 Å². The quantitative estimate of drug-likeness (QED) is 0.277. The minimum Gasteiger partial charge on any atom is -0.444 e. The number of likely N-dealkylation sites (tertiary alicyclic amines) is 1. The van der Waals surface area contributed by atoms with Crippen molar-refractivity contribution in [2.75, 3.05) is 64.2 Å². The van der Waals surface area contributed by atoms with Gasteiger partial charge in [-0.15, -0.1) is 12.4 Å². The summed E-state index contributed by atoms with van der Waals surface area (Å²) in [7, 11) is 7.32. The lowest BCUT2D eigenvalue weighted by Crippen LogP contribution is -2.56. The molecule has 386 valence electrons. The Hall–Kier alpha value is -4.56. The second-order valence-electron chi connectivity index (χ2n) is 23.8. The number of nitrogens with zero attached hydrogens (tertiary/aromatic N) is 7. The Labute approximate surface area is 424 Å². The molecule has 4 unspecified atom stereocenters. The zero-order valence-corrected chi connectivity index (χ0v) is 44.7. The van der Waals surface area contributed by atoms with Crippen LogP contribution in [0.15, 0.2) is 48.5 Å². The minimum absolute atomic E-state index is 0. The molecule has 7 aliphatic heterocycles. The van der Waals surface area contributed by atoms with E-state index in [0.29, 0.717) is 31.0 Å². The smallest absolute Gasteiger partial charge is 0.410 e. The molecular weight excluding hydrogens is 906 g/mol. The minimum atomic E-state index is -0.460. The first-order valence-corrected chi connectivity index (χ1v) is 26.0. The molecule has 2 aromatic rings. The van der Waals surface area contributed by atoms with E-state index in [4.69, 9.17) is 9.47 Å². The molecule has 5 saturated heterocycles. The molecule has 0 radical (unpaired) electrons. The van der Waals surface area contributed by atoms with Gasteiger partial charge in [0.25, 0.3) is 0 Å². The zero-order valence-electron chi connectivity index (χ0n) is 43.8. The fourth-order valence-electron chi connectivity index (χ4n) is 13.1. The molecule has 2 spiro atoms. The van der Waals surface area contributed by atoms with Gasteiger partial charge in [-0.05, 0) is 142 Å². The van der Waals surface area contributed by atoms with Crippen LogP contribution in [0.2, 0.25) is 0 Å². The van der Waals surface area contributed by atoms with Crippen LogP contribution >= 0.6 is 12.4 Å². The molecule has 7 heterocycles. The summed E-state index contributed by atoms with van der Waals surface area (Å²) in [5.74, 6) is 0.285. The third-order valence-electron chi connectivity index (χ3n) is 16.2. The Balaban J connectivity index is 0.000000169. The third kappa shape index (κ3) is 11.1. The fourth-order valence-corrected chi connectivity index (χ4v) is 13.1. The van der Waals surface area contributed by atoms with Gasteiger partial charge in [0, 0.05) is 107 Å². The lowest BCUT2D eigenvalue weighted by atomic mass is 9.71. The van der Waals surface area contributed by atoms with Gasteiger partial charge in [-0.2, -0.15) is 0 Å². The molecule has 4 bridgehead atoms. The second kappa shape index (κ2) is 20.9. The van der Waals surface area contributed by atoms with Gasteiger partial charge in [0.15, 0.2) is 0 Å². The average Bonchev–Trinajstić information content (AvgIpc) is 3.97.